The number of hydrogen-bond acceptors (Lipinski definition) is 6. The molecule has 1 spiro atoms. The van der Waals surface area contributed by atoms with Crippen LogP contribution in [-0.2, 0) is 19.0 Å². The van der Waals surface area contributed by atoms with Crippen molar-refractivity contribution in [1.29, 1.82) is 0 Å². The van der Waals surface area contributed by atoms with Crippen LogP contribution in [-0.4, -0.2) is 53.5 Å². The second-order valence-electron chi connectivity index (χ2n) is 11.2. The van der Waals surface area contributed by atoms with E-state index in [0.717, 1.165) is 44.1 Å². The van der Waals surface area contributed by atoms with Crippen LogP contribution in [0.4, 0.5) is 0 Å². The number of carbonyl (C=O) groups excluding carboxylic acids is 1. The summed E-state index contributed by atoms with van der Waals surface area (Å²) in [5, 5.41) is 22.2. The number of rotatable bonds is 2. The normalized spacial score (nSPS) is 56.7. The molecule has 4 saturated carbocycles. The molecule has 6 heteroatoms. The molecule has 9 unspecified atom stereocenters. The zero-order valence-corrected chi connectivity index (χ0v) is 18.1. The molecule has 4 aliphatic carbocycles. The molecular weight excluding hydrogens is 384 g/mol. The minimum atomic E-state index is -0.921. The number of aliphatic hydroxyl groups is 2. The number of methoxy groups -OCH3 is 1. The number of esters is 1. The van der Waals surface area contributed by atoms with Crippen LogP contribution in [0.2, 0.25) is 0 Å². The summed E-state index contributed by atoms with van der Waals surface area (Å²) in [6, 6.07) is 0. The second-order valence-corrected chi connectivity index (χ2v) is 11.2. The van der Waals surface area contributed by atoms with E-state index in [-0.39, 0.29) is 22.9 Å². The van der Waals surface area contributed by atoms with E-state index >= 15 is 0 Å². The molecule has 30 heavy (non-hydrogen) atoms. The predicted molar refractivity (Wildman–Crippen MR) is 107 cm³/mol. The SMILES string of the molecule is COC1OC23CCC4(O)CC(O)CCC14C2CCC1(C)C(C2=CC(=O)OC2)CCC13. The van der Waals surface area contributed by atoms with Gasteiger partial charge < -0.3 is 24.4 Å². The Bertz CT molecular complexity index is 810. The van der Waals surface area contributed by atoms with Crippen molar-refractivity contribution in [2.45, 2.75) is 88.3 Å². The average molecular weight is 419 g/mol. The summed E-state index contributed by atoms with van der Waals surface area (Å²) in [7, 11) is 1.71. The van der Waals surface area contributed by atoms with Gasteiger partial charge in [-0.25, -0.2) is 4.79 Å². The number of cyclic esters (lactones) is 1. The van der Waals surface area contributed by atoms with Crippen LogP contribution < -0.4 is 0 Å². The summed E-state index contributed by atoms with van der Waals surface area (Å²) in [6.45, 7) is 2.83. The van der Waals surface area contributed by atoms with Gasteiger partial charge in [-0.3, -0.25) is 0 Å². The maximum Gasteiger partial charge on any atom is 0.331 e. The van der Waals surface area contributed by atoms with Gasteiger partial charge in [0.15, 0.2) is 6.29 Å². The fourth-order valence-corrected chi connectivity index (χ4v) is 9.41. The lowest BCUT2D eigenvalue weighted by atomic mass is 9.42. The first-order valence-electron chi connectivity index (χ1n) is 11.8. The number of aliphatic hydroxyl groups excluding tert-OH is 1. The molecule has 2 aliphatic heterocycles. The summed E-state index contributed by atoms with van der Waals surface area (Å²) >= 11 is 0. The lowest BCUT2D eigenvalue weighted by Gasteiger charge is -2.63. The van der Waals surface area contributed by atoms with E-state index in [0.29, 0.717) is 37.7 Å². The molecule has 2 N–H and O–H groups in total. The maximum absolute atomic E-state index is 11.9. The molecule has 1 saturated heterocycles. The third-order valence-corrected chi connectivity index (χ3v) is 10.5. The molecule has 2 bridgehead atoms. The Morgan fingerprint density at radius 3 is 2.67 bits per heavy atom. The van der Waals surface area contributed by atoms with Gasteiger partial charge in [0.1, 0.15) is 6.61 Å². The molecular formula is C24H34O6. The van der Waals surface area contributed by atoms with E-state index in [1.165, 1.54) is 0 Å². The molecule has 2 heterocycles. The van der Waals surface area contributed by atoms with E-state index in [2.05, 4.69) is 6.92 Å². The van der Waals surface area contributed by atoms with Crippen LogP contribution in [0.3, 0.4) is 0 Å². The van der Waals surface area contributed by atoms with Crippen LogP contribution in [0.25, 0.3) is 0 Å². The molecule has 0 aromatic carbocycles. The third-order valence-electron chi connectivity index (χ3n) is 10.5. The van der Waals surface area contributed by atoms with Crippen LogP contribution in [0.5, 0.6) is 0 Å². The molecule has 6 nitrogen and oxygen atoms in total. The first kappa shape index (κ1) is 19.7. The van der Waals surface area contributed by atoms with Crippen molar-refractivity contribution in [2.75, 3.05) is 13.7 Å². The highest BCUT2D eigenvalue weighted by Crippen LogP contribution is 2.76. The molecule has 6 rings (SSSR count). The van der Waals surface area contributed by atoms with Crippen molar-refractivity contribution < 1.29 is 29.2 Å². The molecule has 166 valence electrons. The van der Waals surface area contributed by atoms with Gasteiger partial charge >= 0.3 is 5.97 Å². The highest BCUT2D eigenvalue weighted by atomic mass is 16.7. The maximum atomic E-state index is 11.9. The largest absolute Gasteiger partial charge is 0.458 e. The van der Waals surface area contributed by atoms with Gasteiger partial charge in [-0.15, -0.1) is 0 Å². The first-order valence-corrected chi connectivity index (χ1v) is 11.8. The van der Waals surface area contributed by atoms with E-state index in [1.807, 2.05) is 0 Å². The summed E-state index contributed by atoms with van der Waals surface area (Å²) in [5.74, 6) is 0.801. The lowest BCUT2D eigenvalue weighted by Crippen LogP contribution is -2.67. The van der Waals surface area contributed by atoms with Crippen LogP contribution >= 0.6 is 0 Å². The van der Waals surface area contributed by atoms with Crippen molar-refractivity contribution in [3.63, 3.8) is 0 Å². The smallest absolute Gasteiger partial charge is 0.331 e. The zero-order valence-electron chi connectivity index (χ0n) is 18.1. The van der Waals surface area contributed by atoms with Gasteiger partial charge in [0.2, 0.25) is 0 Å². The van der Waals surface area contributed by atoms with Crippen LogP contribution in [0.1, 0.15) is 64.7 Å². The summed E-state index contributed by atoms with van der Waals surface area (Å²) in [5.41, 5.74) is -0.394. The molecule has 6 aliphatic rings. The first-order chi connectivity index (χ1) is 14.3. The van der Waals surface area contributed by atoms with E-state index in [9.17, 15) is 15.0 Å². The van der Waals surface area contributed by atoms with Crippen molar-refractivity contribution in [1.82, 2.24) is 0 Å². The average Bonchev–Trinajstić information content (AvgIpc) is 3.34. The van der Waals surface area contributed by atoms with Gasteiger partial charge in [0.05, 0.1) is 22.7 Å². The number of carbonyl (C=O) groups is 1. The Balaban J connectivity index is 1.42. The molecule has 0 aromatic heterocycles. The lowest BCUT2D eigenvalue weighted by molar-refractivity contribution is -0.239. The summed E-state index contributed by atoms with van der Waals surface area (Å²) in [4.78, 5) is 11.7. The van der Waals surface area contributed by atoms with Crippen molar-refractivity contribution in [3.8, 4) is 0 Å². The third kappa shape index (κ3) is 2.12. The molecule has 0 radical (unpaired) electrons. The Kier molecular flexibility index (Phi) is 4.00. The van der Waals surface area contributed by atoms with Gasteiger partial charge in [0, 0.05) is 25.5 Å². The summed E-state index contributed by atoms with van der Waals surface area (Å²) < 4.78 is 18.1. The van der Waals surface area contributed by atoms with Crippen molar-refractivity contribution >= 4 is 5.97 Å². The Morgan fingerprint density at radius 2 is 1.93 bits per heavy atom. The molecule has 5 fully saturated rings. The van der Waals surface area contributed by atoms with Crippen LogP contribution in [0.15, 0.2) is 11.6 Å². The monoisotopic (exact) mass is 418 g/mol. The predicted octanol–water partition coefficient (Wildman–Crippen LogP) is 2.71. The summed E-state index contributed by atoms with van der Waals surface area (Å²) in [6.07, 6.45) is 8.47. The van der Waals surface area contributed by atoms with Crippen molar-refractivity contribution in [2.24, 2.45) is 28.6 Å². The second kappa shape index (κ2) is 6.09. The fraction of sp³-hybridized carbons (Fsp3) is 0.875. The molecule has 0 amide bonds. The van der Waals surface area contributed by atoms with E-state index in [1.54, 1.807) is 13.2 Å². The van der Waals surface area contributed by atoms with Gasteiger partial charge in [-0.2, -0.15) is 0 Å². The minimum Gasteiger partial charge on any atom is -0.458 e. The topological polar surface area (TPSA) is 85.2 Å². The standard InChI is InChI=1S/C24H34O6/c1-21-7-6-18-23-8-5-15(25)12-22(23,27)9-10-24(18,30-20(23)28-2)17(21)4-3-16(21)14-11-19(26)29-13-14/h11,15-18,20,25,27H,3-10,12-13H2,1-2H3. The molecule has 0 aromatic rings. The number of fused-ring (bicyclic) bond motifs is 1. The Labute approximate surface area is 177 Å². The van der Waals surface area contributed by atoms with Gasteiger partial charge in [-0.1, -0.05) is 6.92 Å². The highest BCUT2D eigenvalue weighted by molar-refractivity contribution is 5.85. The fourth-order valence-electron chi connectivity index (χ4n) is 9.41. The molecule has 9 atom stereocenters. The Hall–Kier alpha value is -0.950. The number of ether oxygens (including phenoxy) is 3. The van der Waals surface area contributed by atoms with E-state index < -0.39 is 23.4 Å². The highest BCUT2D eigenvalue weighted by Gasteiger charge is 2.79. The van der Waals surface area contributed by atoms with Gasteiger partial charge in [0.25, 0.3) is 0 Å². The quantitative estimate of drug-likeness (QED) is 0.671. The minimum absolute atomic E-state index is 0.0732. The number of hydrogen-bond donors (Lipinski definition) is 2. The van der Waals surface area contributed by atoms with E-state index in [4.69, 9.17) is 14.2 Å². The van der Waals surface area contributed by atoms with Gasteiger partial charge in [-0.05, 0) is 74.2 Å². The van der Waals surface area contributed by atoms with Crippen LogP contribution in [0, 0.1) is 28.6 Å². The Morgan fingerprint density at radius 1 is 1.10 bits per heavy atom. The zero-order chi connectivity index (χ0) is 20.9. The van der Waals surface area contributed by atoms with Crippen molar-refractivity contribution in [3.05, 3.63) is 11.6 Å².